The summed E-state index contributed by atoms with van der Waals surface area (Å²) in [6.45, 7) is 0. The lowest BCUT2D eigenvalue weighted by molar-refractivity contribution is -0.105. The van der Waals surface area contributed by atoms with E-state index < -0.39 is 0 Å². The summed E-state index contributed by atoms with van der Waals surface area (Å²) in [6.07, 6.45) is 7.24. The van der Waals surface area contributed by atoms with E-state index in [-0.39, 0.29) is 0 Å². The van der Waals surface area contributed by atoms with Crippen LogP contribution in [0.4, 0.5) is 5.69 Å². The number of amides is 1. The Morgan fingerprint density at radius 3 is 2.65 bits per heavy atom. The summed E-state index contributed by atoms with van der Waals surface area (Å²) < 4.78 is 7.26. The Morgan fingerprint density at radius 2 is 2.00 bits per heavy atom. The number of carbonyl (C=O) groups excluding carboxylic acids is 1. The molecule has 0 fully saturated rings. The second kappa shape index (κ2) is 7.46. The molecule has 1 N–H and O–H groups in total. The van der Waals surface area contributed by atoms with Crippen LogP contribution in [0.3, 0.4) is 0 Å². The number of benzene rings is 1. The van der Waals surface area contributed by atoms with E-state index in [0.717, 1.165) is 21.9 Å². The van der Waals surface area contributed by atoms with Gasteiger partial charge < -0.3 is 14.6 Å². The van der Waals surface area contributed by atoms with Gasteiger partial charge in [0.05, 0.1) is 18.0 Å². The summed E-state index contributed by atoms with van der Waals surface area (Å²) in [5.74, 6) is 6.96. The van der Waals surface area contributed by atoms with Gasteiger partial charge in [-0.05, 0) is 42.7 Å². The molecule has 2 aromatic rings. The van der Waals surface area contributed by atoms with Gasteiger partial charge in [-0.25, -0.2) is 0 Å². The highest BCUT2D eigenvalue weighted by atomic mass is 16.5. The third-order valence-corrected chi connectivity index (χ3v) is 4.18. The Labute approximate surface area is 151 Å². The van der Waals surface area contributed by atoms with Crippen molar-refractivity contribution in [1.29, 1.82) is 5.26 Å². The maximum absolute atomic E-state index is 10.5. The van der Waals surface area contributed by atoms with E-state index in [1.54, 1.807) is 19.2 Å². The molecule has 26 heavy (non-hydrogen) atoms. The number of hydrogen-bond donors (Lipinski definition) is 1. The fraction of sp³-hybridized carbons (Fsp3) is 0.143. The molecular formula is C21H17N3O2. The number of nitriles is 1. The molecule has 0 aliphatic heterocycles. The lowest BCUT2D eigenvalue weighted by atomic mass is 10.1. The first-order valence-electron chi connectivity index (χ1n) is 8.05. The van der Waals surface area contributed by atoms with E-state index in [1.165, 1.54) is 0 Å². The van der Waals surface area contributed by atoms with Gasteiger partial charge in [0, 0.05) is 29.6 Å². The molecule has 5 heteroatoms. The first-order valence-corrected chi connectivity index (χ1v) is 8.05. The van der Waals surface area contributed by atoms with Crippen LogP contribution in [-0.4, -0.2) is 18.1 Å². The Kier molecular flexibility index (Phi) is 4.92. The number of carbonyl (C=O) groups is 1. The molecule has 128 valence electrons. The molecule has 1 aromatic heterocycles. The topological polar surface area (TPSA) is 67.0 Å². The van der Waals surface area contributed by atoms with Gasteiger partial charge in [0.2, 0.25) is 6.41 Å². The quantitative estimate of drug-likeness (QED) is 0.676. The molecule has 5 nitrogen and oxygen atoms in total. The summed E-state index contributed by atoms with van der Waals surface area (Å²) in [6, 6.07) is 9.48. The molecule has 1 heterocycles. The van der Waals surface area contributed by atoms with Crippen LogP contribution in [0.5, 0.6) is 0 Å². The lowest BCUT2D eigenvalue weighted by Crippen LogP contribution is -2.28. The standard InChI is InChI=1S/C21H17N3O2/c1-24-20(11-8-15-6-9-16(10-7-15)23-14-25)19(13-22)18-5-3-4-17(26-2)12-21(18)24/h4-7,9-10,12,14H,3H2,1-2H3,(H,23,25). The maximum Gasteiger partial charge on any atom is 0.211 e. The van der Waals surface area contributed by atoms with Crippen molar-refractivity contribution in [2.24, 2.45) is 7.05 Å². The highest BCUT2D eigenvalue weighted by molar-refractivity contribution is 5.71. The number of hydrogen-bond acceptors (Lipinski definition) is 3. The molecule has 0 spiro atoms. The number of fused-ring (bicyclic) bond motifs is 1. The van der Waals surface area contributed by atoms with Crippen molar-refractivity contribution in [2.45, 2.75) is 6.42 Å². The van der Waals surface area contributed by atoms with E-state index in [2.05, 4.69) is 23.2 Å². The zero-order chi connectivity index (χ0) is 18.5. The minimum absolute atomic E-state index is 0.566. The molecule has 0 bridgehead atoms. The van der Waals surface area contributed by atoms with Crippen molar-refractivity contribution in [1.82, 2.24) is 4.57 Å². The predicted octanol–water partition coefficient (Wildman–Crippen LogP) is 1.36. The molecular weight excluding hydrogens is 326 g/mol. The number of nitrogens with zero attached hydrogens (tertiary/aromatic N) is 2. The molecule has 0 unspecified atom stereocenters. The van der Waals surface area contributed by atoms with Gasteiger partial charge in [-0.15, -0.1) is 0 Å². The van der Waals surface area contributed by atoms with Crippen LogP contribution in [0.1, 0.15) is 23.2 Å². The maximum atomic E-state index is 10.5. The van der Waals surface area contributed by atoms with Crippen LogP contribution in [0.2, 0.25) is 0 Å². The van der Waals surface area contributed by atoms with Crippen molar-refractivity contribution in [3.05, 3.63) is 63.5 Å². The van der Waals surface area contributed by atoms with Crippen LogP contribution >= 0.6 is 0 Å². The predicted molar refractivity (Wildman–Crippen MR) is 100 cm³/mol. The van der Waals surface area contributed by atoms with E-state index in [4.69, 9.17) is 4.74 Å². The fourth-order valence-corrected chi connectivity index (χ4v) is 2.84. The highest BCUT2D eigenvalue weighted by Gasteiger charge is 2.12. The number of methoxy groups -OCH3 is 1. The van der Waals surface area contributed by atoms with E-state index in [9.17, 15) is 10.1 Å². The lowest BCUT2D eigenvalue weighted by Gasteiger charge is -2.00. The largest absolute Gasteiger partial charge is 0.497 e. The monoisotopic (exact) mass is 343 g/mol. The van der Waals surface area contributed by atoms with Gasteiger partial charge in [-0.3, -0.25) is 4.79 Å². The van der Waals surface area contributed by atoms with Gasteiger partial charge in [-0.1, -0.05) is 12.0 Å². The number of nitrogens with one attached hydrogen (secondary N) is 1. The summed E-state index contributed by atoms with van der Waals surface area (Å²) in [7, 11) is 3.52. The molecule has 0 radical (unpaired) electrons. The second-order valence-corrected chi connectivity index (χ2v) is 5.68. The first-order chi connectivity index (χ1) is 12.7. The number of anilines is 1. The van der Waals surface area contributed by atoms with Crippen molar-refractivity contribution >= 4 is 24.2 Å². The van der Waals surface area contributed by atoms with Crippen LogP contribution in [0.15, 0.2) is 36.1 Å². The first kappa shape index (κ1) is 17.1. The molecule has 1 aromatic carbocycles. The Balaban J connectivity index is 2.08. The van der Waals surface area contributed by atoms with Gasteiger partial charge >= 0.3 is 0 Å². The summed E-state index contributed by atoms with van der Waals surface area (Å²) in [5, 5.41) is 14.0. The Morgan fingerprint density at radius 1 is 1.23 bits per heavy atom. The van der Waals surface area contributed by atoms with Gasteiger partial charge in [0.15, 0.2) is 0 Å². The molecule has 0 atom stereocenters. The molecule has 3 rings (SSSR count). The molecule has 1 aliphatic carbocycles. The van der Waals surface area contributed by atoms with Crippen LogP contribution < -0.4 is 15.9 Å². The zero-order valence-corrected chi connectivity index (χ0v) is 14.5. The molecule has 0 saturated heterocycles. The van der Waals surface area contributed by atoms with Gasteiger partial charge in [-0.2, -0.15) is 5.26 Å². The number of aromatic nitrogens is 1. The smallest absolute Gasteiger partial charge is 0.211 e. The van der Waals surface area contributed by atoms with Crippen LogP contribution in [0, 0.1) is 23.2 Å². The normalized spacial score (nSPS) is 12.0. The third-order valence-electron chi connectivity index (χ3n) is 4.18. The van der Waals surface area contributed by atoms with Gasteiger partial charge in [0.25, 0.3) is 0 Å². The molecule has 1 amide bonds. The Hall–Kier alpha value is -3.70. The third kappa shape index (κ3) is 3.24. The summed E-state index contributed by atoms with van der Waals surface area (Å²) in [5.41, 5.74) is 2.73. The Bertz CT molecular complexity index is 1100. The highest BCUT2D eigenvalue weighted by Crippen LogP contribution is 2.09. The van der Waals surface area contributed by atoms with E-state index in [0.29, 0.717) is 29.8 Å². The minimum Gasteiger partial charge on any atom is -0.497 e. The van der Waals surface area contributed by atoms with Crippen LogP contribution in [0.25, 0.3) is 12.2 Å². The number of rotatable bonds is 3. The van der Waals surface area contributed by atoms with Crippen molar-refractivity contribution in [3.8, 4) is 17.9 Å². The summed E-state index contributed by atoms with van der Waals surface area (Å²) in [4.78, 5) is 10.5. The minimum atomic E-state index is 0.566. The molecule has 1 aliphatic rings. The second-order valence-electron chi connectivity index (χ2n) is 5.68. The zero-order valence-electron chi connectivity index (χ0n) is 14.5. The number of ether oxygens (including phenoxy) is 1. The average Bonchev–Trinajstić information content (AvgIpc) is 2.80. The molecule has 0 saturated carbocycles. The van der Waals surface area contributed by atoms with Crippen molar-refractivity contribution in [3.63, 3.8) is 0 Å². The average molecular weight is 343 g/mol. The van der Waals surface area contributed by atoms with Gasteiger partial charge in [0.1, 0.15) is 17.5 Å². The fourth-order valence-electron chi connectivity index (χ4n) is 2.84. The number of allylic oxidation sites excluding steroid dienone is 2. The SMILES string of the molecule is COC1=CCC=c2c(C#N)c(C#Cc3ccc(NC=O)cc3)n(C)c2=C1. The summed E-state index contributed by atoms with van der Waals surface area (Å²) >= 11 is 0. The van der Waals surface area contributed by atoms with Crippen LogP contribution in [-0.2, 0) is 16.6 Å². The van der Waals surface area contributed by atoms with Crippen molar-refractivity contribution < 1.29 is 9.53 Å². The van der Waals surface area contributed by atoms with E-state index in [1.807, 2.05) is 42.0 Å². The van der Waals surface area contributed by atoms with E-state index >= 15 is 0 Å². The van der Waals surface area contributed by atoms with Crippen molar-refractivity contribution in [2.75, 3.05) is 12.4 Å².